The van der Waals surface area contributed by atoms with E-state index >= 15 is 0 Å². The molecule has 0 bridgehead atoms. The van der Waals surface area contributed by atoms with Crippen molar-refractivity contribution >= 4 is 11.9 Å². The highest BCUT2D eigenvalue weighted by Gasteiger charge is 2.55. The molecule has 1 N–H and O–H groups in total. The number of carboxylic acid groups (broad SMARTS) is 1. The van der Waals surface area contributed by atoms with Crippen molar-refractivity contribution < 1.29 is 19.1 Å². The zero-order valence-electron chi connectivity index (χ0n) is 10.9. The predicted molar refractivity (Wildman–Crippen MR) is 67.5 cm³/mol. The van der Waals surface area contributed by atoms with Gasteiger partial charge in [0.2, 0.25) is 0 Å². The Morgan fingerprint density at radius 1 is 1.45 bits per heavy atom. The van der Waals surface area contributed by atoms with Gasteiger partial charge in [0.25, 0.3) is 5.91 Å². The van der Waals surface area contributed by atoms with Crippen LogP contribution in [0.5, 0.6) is 0 Å². The Kier molecular flexibility index (Phi) is 2.96. The maximum absolute atomic E-state index is 12.8. The molecule has 2 aliphatic rings. The van der Waals surface area contributed by atoms with E-state index in [0.29, 0.717) is 13.0 Å². The zero-order chi connectivity index (χ0) is 14.3. The highest BCUT2D eigenvalue weighted by Crippen LogP contribution is 2.49. The molecule has 20 heavy (non-hydrogen) atoms. The van der Waals surface area contributed by atoms with Crippen LogP contribution < -0.4 is 0 Å². The number of likely N-dealkylation sites (tertiary alicyclic amines) is 1. The number of aliphatic carboxylic acids is 1. The Balaban J connectivity index is 1.82. The zero-order valence-corrected chi connectivity index (χ0v) is 10.9. The Morgan fingerprint density at radius 3 is 2.85 bits per heavy atom. The van der Waals surface area contributed by atoms with Gasteiger partial charge in [0.1, 0.15) is 11.5 Å². The smallest absolute Gasteiger partial charge is 0.311 e. The first-order valence-electron chi connectivity index (χ1n) is 6.67. The molecule has 2 fully saturated rings. The molecule has 0 radical (unpaired) electrons. The number of carbonyl (C=O) groups excluding carboxylic acids is 1. The summed E-state index contributed by atoms with van der Waals surface area (Å²) in [6.07, 6.45) is 3.35. The van der Waals surface area contributed by atoms with Gasteiger partial charge in [-0.05, 0) is 30.9 Å². The van der Waals surface area contributed by atoms with Crippen LogP contribution in [0.15, 0.2) is 18.3 Å². The number of nitrogens with zero attached hydrogens (tertiary/aromatic N) is 2. The van der Waals surface area contributed by atoms with Crippen LogP contribution in [0.3, 0.4) is 0 Å². The Labute approximate surface area is 115 Å². The van der Waals surface area contributed by atoms with Crippen molar-refractivity contribution in [2.75, 3.05) is 13.1 Å². The number of carbonyl (C=O) groups is 2. The normalized spacial score (nSPS) is 28.4. The van der Waals surface area contributed by atoms with Crippen LogP contribution in [-0.4, -0.2) is 40.0 Å². The summed E-state index contributed by atoms with van der Waals surface area (Å²) in [5.41, 5.74) is -0.637. The number of carboxylic acids is 1. The van der Waals surface area contributed by atoms with Crippen LogP contribution in [0.2, 0.25) is 0 Å². The lowest BCUT2D eigenvalue weighted by molar-refractivity contribution is -0.149. The summed E-state index contributed by atoms with van der Waals surface area (Å²) in [5, 5.41) is 9.48. The number of halogens is 1. The van der Waals surface area contributed by atoms with E-state index in [-0.39, 0.29) is 24.1 Å². The fraction of sp³-hybridized carbons (Fsp3) is 0.500. The summed E-state index contributed by atoms with van der Waals surface area (Å²) in [6.45, 7) is 0.676. The second-order valence-electron chi connectivity index (χ2n) is 5.60. The van der Waals surface area contributed by atoms with Crippen LogP contribution in [0.25, 0.3) is 0 Å². The Hall–Kier alpha value is -1.98. The third kappa shape index (κ3) is 1.87. The molecule has 1 saturated carbocycles. The van der Waals surface area contributed by atoms with Gasteiger partial charge in [-0.1, -0.05) is 6.42 Å². The first-order chi connectivity index (χ1) is 9.53. The van der Waals surface area contributed by atoms with Gasteiger partial charge in [-0.15, -0.1) is 0 Å². The molecule has 1 aliphatic heterocycles. The van der Waals surface area contributed by atoms with E-state index in [9.17, 15) is 19.1 Å². The molecule has 1 aliphatic carbocycles. The number of hydrogen-bond acceptors (Lipinski definition) is 3. The predicted octanol–water partition coefficient (Wildman–Crippen LogP) is 1.55. The van der Waals surface area contributed by atoms with E-state index < -0.39 is 17.2 Å². The van der Waals surface area contributed by atoms with E-state index in [1.807, 2.05) is 0 Å². The van der Waals surface area contributed by atoms with E-state index in [0.717, 1.165) is 19.0 Å². The summed E-state index contributed by atoms with van der Waals surface area (Å²) in [4.78, 5) is 29.2. The summed E-state index contributed by atoms with van der Waals surface area (Å²) in [5.74, 6) is -1.62. The van der Waals surface area contributed by atoms with Gasteiger partial charge in [0.05, 0.1) is 11.6 Å². The fourth-order valence-electron chi connectivity index (χ4n) is 3.46. The van der Waals surface area contributed by atoms with Gasteiger partial charge in [-0.25, -0.2) is 9.37 Å². The molecule has 0 aromatic carbocycles. The monoisotopic (exact) mass is 278 g/mol. The standard InChI is InChI=1S/C14H15FN2O3/c15-10-3-4-11(16-6-10)12(18)17-7-9-2-1-5-14(9,8-17)13(19)20/h3-4,6,9H,1-2,5,7-8H2,(H,19,20)/t9-,14+/m0/s1. The van der Waals surface area contributed by atoms with E-state index in [1.165, 1.54) is 17.0 Å². The highest BCUT2D eigenvalue weighted by molar-refractivity contribution is 5.93. The van der Waals surface area contributed by atoms with Crippen LogP contribution in [-0.2, 0) is 4.79 Å². The lowest BCUT2D eigenvalue weighted by atomic mass is 9.81. The molecule has 6 heteroatoms. The minimum Gasteiger partial charge on any atom is -0.481 e. The molecule has 3 rings (SSSR count). The SMILES string of the molecule is O=C(c1ccc(F)cn1)N1C[C@@H]2CCC[C@@]2(C(=O)O)C1. The lowest BCUT2D eigenvalue weighted by Crippen LogP contribution is -2.37. The molecular formula is C14H15FN2O3. The summed E-state index contributed by atoms with van der Waals surface area (Å²) < 4.78 is 12.8. The summed E-state index contributed by atoms with van der Waals surface area (Å²) in [7, 11) is 0. The minimum atomic E-state index is -0.817. The summed E-state index contributed by atoms with van der Waals surface area (Å²) in [6, 6.07) is 2.52. The first-order valence-corrected chi connectivity index (χ1v) is 6.67. The van der Waals surface area contributed by atoms with Crippen molar-refractivity contribution in [2.45, 2.75) is 19.3 Å². The third-order valence-corrected chi connectivity index (χ3v) is 4.53. The number of rotatable bonds is 2. The van der Waals surface area contributed by atoms with Crippen molar-refractivity contribution in [2.24, 2.45) is 11.3 Å². The molecule has 106 valence electrons. The molecule has 0 unspecified atom stereocenters. The largest absolute Gasteiger partial charge is 0.481 e. The average Bonchev–Trinajstić information content (AvgIpc) is 2.96. The number of aromatic nitrogens is 1. The van der Waals surface area contributed by atoms with Crippen molar-refractivity contribution in [1.29, 1.82) is 0 Å². The maximum Gasteiger partial charge on any atom is 0.311 e. The van der Waals surface area contributed by atoms with Crippen LogP contribution in [0.4, 0.5) is 4.39 Å². The molecule has 1 aromatic heterocycles. The van der Waals surface area contributed by atoms with E-state index in [2.05, 4.69) is 4.98 Å². The first kappa shape index (κ1) is 13.0. The van der Waals surface area contributed by atoms with Crippen molar-refractivity contribution in [3.63, 3.8) is 0 Å². The van der Waals surface area contributed by atoms with Gasteiger partial charge in [-0.3, -0.25) is 9.59 Å². The number of pyridine rings is 1. The highest BCUT2D eigenvalue weighted by atomic mass is 19.1. The molecule has 2 atom stereocenters. The molecule has 1 aromatic rings. The van der Waals surface area contributed by atoms with E-state index in [4.69, 9.17) is 0 Å². The minimum absolute atomic E-state index is 0.0180. The quantitative estimate of drug-likeness (QED) is 0.891. The van der Waals surface area contributed by atoms with Gasteiger partial charge in [0.15, 0.2) is 0 Å². The average molecular weight is 278 g/mol. The number of fused-ring (bicyclic) bond motifs is 1. The molecular weight excluding hydrogens is 263 g/mol. The molecule has 1 amide bonds. The van der Waals surface area contributed by atoms with Crippen molar-refractivity contribution in [1.82, 2.24) is 9.88 Å². The van der Waals surface area contributed by atoms with Crippen molar-refractivity contribution in [3.8, 4) is 0 Å². The van der Waals surface area contributed by atoms with Gasteiger partial charge in [-0.2, -0.15) is 0 Å². The lowest BCUT2D eigenvalue weighted by Gasteiger charge is -2.23. The van der Waals surface area contributed by atoms with Crippen LogP contribution in [0.1, 0.15) is 29.8 Å². The molecule has 1 saturated heterocycles. The fourth-order valence-corrected chi connectivity index (χ4v) is 3.46. The Bertz CT molecular complexity index is 560. The molecule has 0 spiro atoms. The Morgan fingerprint density at radius 2 is 2.25 bits per heavy atom. The van der Waals surface area contributed by atoms with Gasteiger partial charge < -0.3 is 10.0 Å². The van der Waals surface area contributed by atoms with Crippen LogP contribution in [0, 0.1) is 17.2 Å². The van der Waals surface area contributed by atoms with Crippen LogP contribution >= 0.6 is 0 Å². The molecule has 5 nitrogen and oxygen atoms in total. The number of hydrogen-bond donors (Lipinski definition) is 1. The van der Waals surface area contributed by atoms with Crippen molar-refractivity contribution in [3.05, 3.63) is 29.8 Å². The summed E-state index contributed by atoms with van der Waals surface area (Å²) >= 11 is 0. The number of amides is 1. The second kappa shape index (κ2) is 4.54. The molecule has 2 heterocycles. The van der Waals surface area contributed by atoms with Gasteiger partial charge in [0, 0.05) is 13.1 Å². The second-order valence-corrected chi connectivity index (χ2v) is 5.60. The van der Waals surface area contributed by atoms with E-state index in [1.54, 1.807) is 0 Å². The maximum atomic E-state index is 12.8. The topological polar surface area (TPSA) is 70.5 Å². The van der Waals surface area contributed by atoms with Gasteiger partial charge >= 0.3 is 5.97 Å². The third-order valence-electron chi connectivity index (χ3n) is 4.53.